The van der Waals surface area contributed by atoms with Crippen molar-refractivity contribution in [3.63, 3.8) is 0 Å². The van der Waals surface area contributed by atoms with Crippen molar-refractivity contribution < 1.29 is 14.3 Å². The Kier molecular flexibility index (Phi) is 5.11. The van der Waals surface area contributed by atoms with Gasteiger partial charge in [-0.3, -0.25) is 9.69 Å². The molecule has 1 atom stereocenters. The monoisotopic (exact) mass is 392 g/mol. The Labute approximate surface area is 164 Å². The number of carbonyl (C=O) groups is 2. The highest BCUT2D eigenvalue weighted by atomic mass is 32.1. The highest BCUT2D eigenvalue weighted by molar-refractivity contribution is 7.13. The number of aromatic nitrogens is 1. The number of rotatable bonds is 5. The molecule has 0 bridgehead atoms. The van der Waals surface area contributed by atoms with E-state index in [1.165, 1.54) is 4.90 Å². The molecule has 1 unspecified atom stereocenters. The van der Waals surface area contributed by atoms with Gasteiger partial charge in [0, 0.05) is 37.8 Å². The fourth-order valence-corrected chi connectivity index (χ4v) is 5.17. The highest BCUT2D eigenvalue weighted by Gasteiger charge is 2.58. The van der Waals surface area contributed by atoms with Crippen LogP contribution in [0.2, 0.25) is 0 Å². The Balaban J connectivity index is 1.55. The summed E-state index contributed by atoms with van der Waals surface area (Å²) < 4.78 is 5.69. The van der Waals surface area contributed by atoms with E-state index in [1.54, 1.807) is 11.3 Å². The van der Waals surface area contributed by atoms with Crippen molar-refractivity contribution in [1.29, 1.82) is 0 Å². The van der Waals surface area contributed by atoms with Crippen LogP contribution in [-0.4, -0.2) is 71.2 Å². The normalized spacial score (nSPS) is 25.4. The van der Waals surface area contributed by atoms with Crippen molar-refractivity contribution in [2.24, 2.45) is 5.92 Å². The van der Waals surface area contributed by atoms with Crippen LogP contribution in [0, 0.1) is 5.92 Å². The third kappa shape index (κ3) is 3.33. The van der Waals surface area contributed by atoms with Crippen molar-refractivity contribution in [3.8, 4) is 0 Å². The van der Waals surface area contributed by atoms with Gasteiger partial charge in [0.2, 0.25) is 0 Å². The molecule has 0 saturated carbocycles. The van der Waals surface area contributed by atoms with Crippen molar-refractivity contribution >= 4 is 28.4 Å². The third-order valence-corrected chi connectivity index (χ3v) is 6.69. The van der Waals surface area contributed by atoms with E-state index in [0.717, 1.165) is 37.7 Å². The van der Waals surface area contributed by atoms with E-state index in [2.05, 4.69) is 23.7 Å². The Bertz CT molecular complexity index is 679. The van der Waals surface area contributed by atoms with Crippen LogP contribution in [0.25, 0.3) is 0 Å². The molecule has 1 aromatic rings. The Morgan fingerprint density at radius 2 is 2.11 bits per heavy atom. The number of anilines is 1. The van der Waals surface area contributed by atoms with Gasteiger partial charge in [-0.1, -0.05) is 13.8 Å². The number of piperidine rings is 1. The quantitative estimate of drug-likeness (QED) is 0.721. The number of urea groups is 1. The second-order valence-electron chi connectivity index (χ2n) is 8.17. The summed E-state index contributed by atoms with van der Waals surface area (Å²) in [6.07, 6.45) is 5.04. The van der Waals surface area contributed by atoms with Crippen molar-refractivity contribution in [3.05, 3.63) is 11.6 Å². The highest BCUT2D eigenvalue weighted by Crippen LogP contribution is 2.39. The number of thiazole rings is 1. The van der Waals surface area contributed by atoms with Gasteiger partial charge >= 0.3 is 6.03 Å². The van der Waals surface area contributed by atoms with E-state index >= 15 is 0 Å². The molecule has 7 nitrogen and oxygen atoms in total. The number of hydrogen-bond donors (Lipinski definition) is 0. The van der Waals surface area contributed by atoms with Gasteiger partial charge in [-0.15, -0.1) is 11.3 Å². The van der Waals surface area contributed by atoms with E-state index in [-0.39, 0.29) is 18.0 Å². The van der Waals surface area contributed by atoms with Gasteiger partial charge in [0.15, 0.2) is 5.13 Å². The molecule has 27 heavy (non-hydrogen) atoms. The summed E-state index contributed by atoms with van der Waals surface area (Å²) >= 11 is 1.62. The smallest absolute Gasteiger partial charge is 0.327 e. The molecule has 3 fully saturated rings. The number of amides is 3. The first-order valence-corrected chi connectivity index (χ1v) is 10.8. The maximum Gasteiger partial charge on any atom is 0.327 e. The predicted molar refractivity (Wildman–Crippen MR) is 104 cm³/mol. The Morgan fingerprint density at radius 1 is 1.33 bits per heavy atom. The zero-order chi connectivity index (χ0) is 19.0. The molecule has 1 spiro atoms. The van der Waals surface area contributed by atoms with E-state index in [9.17, 15) is 9.59 Å². The van der Waals surface area contributed by atoms with Crippen molar-refractivity contribution in [2.75, 3.05) is 37.7 Å². The van der Waals surface area contributed by atoms with Gasteiger partial charge in [0.05, 0.1) is 12.6 Å². The van der Waals surface area contributed by atoms with Gasteiger partial charge in [-0.2, -0.15) is 0 Å². The summed E-state index contributed by atoms with van der Waals surface area (Å²) in [5, 5.41) is 2.96. The zero-order valence-electron chi connectivity index (χ0n) is 16.1. The fourth-order valence-electron chi connectivity index (χ4n) is 4.48. The van der Waals surface area contributed by atoms with Crippen molar-refractivity contribution in [2.45, 2.75) is 51.2 Å². The summed E-state index contributed by atoms with van der Waals surface area (Å²) in [5.41, 5.74) is -0.701. The lowest BCUT2D eigenvalue weighted by molar-refractivity contribution is -0.135. The topological polar surface area (TPSA) is 66.0 Å². The molecule has 3 aliphatic rings. The largest absolute Gasteiger partial charge is 0.376 e. The molecule has 1 aromatic heterocycles. The maximum absolute atomic E-state index is 13.4. The van der Waals surface area contributed by atoms with E-state index in [1.807, 2.05) is 16.5 Å². The van der Waals surface area contributed by atoms with E-state index in [0.29, 0.717) is 31.8 Å². The standard InChI is InChI=1S/C19H28N4O3S/c1-14(2)12-23-18(25)22(13-15-4-3-10-26-15)16(24)19(23)5-8-21(9-6-19)17-20-7-11-27-17/h7,11,14-15H,3-6,8-10,12-13H2,1-2H3. The molecule has 8 heteroatoms. The van der Waals surface area contributed by atoms with Crippen LogP contribution >= 0.6 is 11.3 Å². The van der Waals surface area contributed by atoms with Crippen LogP contribution in [0.5, 0.6) is 0 Å². The van der Waals surface area contributed by atoms with Gasteiger partial charge in [0.25, 0.3) is 5.91 Å². The minimum atomic E-state index is -0.701. The summed E-state index contributed by atoms with van der Waals surface area (Å²) in [5.74, 6) is 0.292. The molecule has 4 heterocycles. The van der Waals surface area contributed by atoms with Crippen LogP contribution < -0.4 is 4.90 Å². The van der Waals surface area contributed by atoms with Gasteiger partial charge in [-0.25, -0.2) is 9.78 Å². The number of ether oxygens (including phenoxy) is 1. The van der Waals surface area contributed by atoms with Crippen LogP contribution in [0.1, 0.15) is 39.5 Å². The van der Waals surface area contributed by atoms with Gasteiger partial charge < -0.3 is 14.5 Å². The minimum Gasteiger partial charge on any atom is -0.376 e. The van der Waals surface area contributed by atoms with E-state index < -0.39 is 5.54 Å². The zero-order valence-corrected chi connectivity index (χ0v) is 16.9. The molecule has 148 valence electrons. The predicted octanol–water partition coefficient (Wildman–Crippen LogP) is 2.58. The summed E-state index contributed by atoms with van der Waals surface area (Å²) in [4.78, 5) is 36.6. The SMILES string of the molecule is CC(C)CN1C(=O)N(CC2CCCO2)C(=O)C12CCN(c1nccs1)CC2. The number of hydrogen-bond acceptors (Lipinski definition) is 6. The van der Waals surface area contributed by atoms with Crippen LogP contribution in [0.3, 0.4) is 0 Å². The lowest BCUT2D eigenvalue weighted by atomic mass is 9.85. The van der Waals surface area contributed by atoms with Crippen molar-refractivity contribution in [1.82, 2.24) is 14.8 Å². The molecular formula is C19H28N4O3S. The fraction of sp³-hybridized carbons (Fsp3) is 0.737. The Morgan fingerprint density at radius 3 is 2.70 bits per heavy atom. The average molecular weight is 393 g/mol. The number of carbonyl (C=O) groups excluding carboxylic acids is 2. The molecule has 3 aliphatic heterocycles. The lowest BCUT2D eigenvalue weighted by Gasteiger charge is -2.42. The number of imide groups is 1. The maximum atomic E-state index is 13.4. The summed E-state index contributed by atoms with van der Waals surface area (Å²) in [6.45, 7) is 7.42. The second kappa shape index (κ2) is 7.39. The third-order valence-electron chi connectivity index (χ3n) is 5.86. The molecule has 3 amide bonds. The van der Waals surface area contributed by atoms with E-state index in [4.69, 9.17) is 4.74 Å². The average Bonchev–Trinajstić information content (AvgIpc) is 3.39. The van der Waals surface area contributed by atoms with Gasteiger partial charge in [-0.05, 0) is 31.6 Å². The first kappa shape index (κ1) is 18.7. The van der Waals surface area contributed by atoms with Crippen LogP contribution in [0.4, 0.5) is 9.93 Å². The molecule has 3 saturated heterocycles. The molecule has 0 aromatic carbocycles. The molecule has 0 aliphatic carbocycles. The first-order valence-electron chi connectivity index (χ1n) is 9.91. The second-order valence-corrected chi connectivity index (χ2v) is 9.04. The lowest BCUT2D eigenvalue weighted by Crippen LogP contribution is -2.57. The minimum absolute atomic E-state index is 0.00985. The molecular weight excluding hydrogens is 364 g/mol. The summed E-state index contributed by atoms with van der Waals surface area (Å²) in [7, 11) is 0. The first-order chi connectivity index (χ1) is 13.0. The van der Waals surface area contributed by atoms with Crippen LogP contribution in [0.15, 0.2) is 11.6 Å². The molecule has 0 radical (unpaired) electrons. The van der Waals surface area contributed by atoms with Gasteiger partial charge in [0.1, 0.15) is 5.54 Å². The number of nitrogens with zero attached hydrogens (tertiary/aromatic N) is 4. The molecule has 4 rings (SSSR count). The summed E-state index contributed by atoms with van der Waals surface area (Å²) in [6, 6.07) is -0.133. The Hall–Kier alpha value is -1.67. The molecule has 0 N–H and O–H groups in total. The van der Waals surface area contributed by atoms with Crippen LogP contribution in [-0.2, 0) is 9.53 Å².